The molecule has 23 heavy (non-hydrogen) atoms. The number of rotatable bonds is 5. The first kappa shape index (κ1) is 18.5. The van der Waals surface area contributed by atoms with E-state index in [0.717, 1.165) is 0 Å². The summed E-state index contributed by atoms with van der Waals surface area (Å²) in [6, 6.07) is 0. The smallest absolute Gasteiger partial charge is 0.405 e. The van der Waals surface area contributed by atoms with Crippen LogP contribution >= 0.6 is 0 Å². The summed E-state index contributed by atoms with van der Waals surface area (Å²) in [5.74, 6) is -2.72. The van der Waals surface area contributed by atoms with E-state index < -0.39 is 37.2 Å². The SMILES string of the molecule is COC(=O)c1c(C)[nH]c(C(=O)OCC(=O)NCC(F)(F)F)c1C. The molecule has 1 heterocycles. The number of ether oxygens (including phenoxy) is 2. The summed E-state index contributed by atoms with van der Waals surface area (Å²) >= 11 is 0. The van der Waals surface area contributed by atoms with Gasteiger partial charge in [0.05, 0.1) is 12.7 Å². The van der Waals surface area contributed by atoms with Crippen molar-refractivity contribution < 1.29 is 37.0 Å². The van der Waals surface area contributed by atoms with E-state index in [9.17, 15) is 27.6 Å². The van der Waals surface area contributed by atoms with Gasteiger partial charge in [0.2, 0.25) is 0 Å². The van der Waals surface area contributed by atoms with Crippen molar-refractivity contribution >= 4 is 17.8 Å². The Morgan fingerprint density at radius 3 is 2.30 bits per heavy atom. The topological polar surface area (TPSA) is 97.5 Å². The summed E-state index contributed by atoms with van der Waals surface area (Å²) in [5, 5.41) is 1.56. The van der Waals surface area contributed by atoms with Crippen molar-refractivity contribution in [2.75, 3.05) is 20.3 Å². The molecule has 1 rings (SSSR count). The van der Waals surface area contributed by atoms with Gasteiger partial charge in [-0.25, -0.2) is 9.59 Å². The van der Waals surface area contributed by atoms with E-state index in [2.05, 4.69) is 14.5 Å². The quantitative estimate of drug-likeness (QED) is 0.789. The zero-order valence-corrected chi connectivity index (χ0v) is 12.6. The van der Waals surface area contributed by atoms with E-state index in [1.165, 1.54) is 21.0 Å². The number of aromatic amines is 1. The van der Waals surface area contributed by atoms with Crippen molar-refractivity contribution in [3.63, 3.8) is 0 Å². The van der Waals surface area contributed by atoms with Gasteiger partial charge in [-0.1, -0.05) is 0 Å². The molecule has 0 aliphatic carbocycles. The number of carbonyl (C=O) groups excluding carboxylic acids is 3. The van der Waals surface area contributed by atoms with E-state index in [1.807, 2.05) is 0 Å². The number of aryl methyl sites for hydroxylation is 1. The number of amides is 1. The highest BCUT2D eigenvalue weighted by molar-refractivity contribution is 5.99. The van der Waals surface area contributed by atoms with Crippen LogP contribution in [0.2, 0.25) is 0 Å². The van der Waals surface area contributed by atoms with Gasteiger partial charge in [0.1, 0.15) is 12.2 Å². The molecule has 0 saturated carbocycles. The van der Waals surface area contributed by atoms with Gasteiger partial charge in [0, 0.05) is 5.69 Å². The fourth-order valence-electron chi connectivity index (χ4n) is 1.82. The standard InChI is InChI=1S/C13H15F3N2O5/c1-6-9(11(20)22-3)7(2)18-10(6)12(21)23-4-8(19)17-5-13(14,15)16/h18H,4-5H2,1-3H3,(H,17,19). The number of carbonyl (C=O) groups is 3. The van der Waals surface area contributed by atoms with Crippen LogP contribution in [-0.2, 0) is 14.3 Å². The Labute approximate surface area is 129 Å². The van der Waals surface area contributed by atoms with Crippen molar-refractivity contribution in [1.82, 2.24) is 10.3 Å². The van der Waals surface area contributed by atoms with Gasteiger partial charge >= 0.3 is 18.1 Å². The van der Waals surface area contributed by atoms with Crippen LogP contribution in [-0.4, -0.2) is 49.3 Å². The summed E-state index contributed by atoms with van der Waals surface area (Å²) in [6.07, 6.45) is -4.55. The fourth-order valence-corrected chi connectivity index (χ4v) is 1.82. The van der Waals surface area contributed by atoms with Crippen molar-refractivity contribution in [1.29, 1.82) is 0 Å². The molecule has 0 fully saturated rings. The van der Waals surface area contributed by atoms with Gasteiger partial charge in [-0.05, 0) is 19.4 Å². The number of esters is 2. The molecular formula is C13H15F3N2O5. The molecule has 0 spiro atoms. The molecule has 128 valence electrons. The minimum Gasteiger partial charge on any atom is -0.465 e. The van der Waals surface area contributed by atoms with Crippen molar-refractivity contribution in [3.8, 4) is 0 Å². The van der Waals surface area contributed by atoms with Crippen LogP contribution in [0.5, 0.6) is 0 Å². The fraction of sp³-hybridized carbons (Fsp3) is 0.462. The third-order valence-corrected chi connectivity index (χ3v) is 2.85. The first-order valence-corrected chi connectivity index (χ1v) is 6.35. The highest BCUT2D eigenvalue weighted by Gasteiger charge is 2.28. The van der Waals surface area contributed by atoms with Gasteiger partial charge in [0.25, 0.3) is 5.91 Å². The largest absolute Gasteiger partial charge is 0.465 e. The average molecular weight is 336 g/mol. The maximum Gasteiger partial charge on any atom is 0.405 e. The maximum absolute atomic E-state index is 11.9. The second kappa shape index (κ2) is 7.16. The van der Waals surface area contributed by atoms with Gasteiger partial charge < -0.3 is 19.8 Å². The molecule has 7 nitrogen and oxygen atoms in total. The summed E-state index contributed by atoms with van der Waals surface area (Å²) in [4.78, 5) is 37.2. The third kappa shape index (κ3) is 5.01. The number of alkyl halides is 3. The molecule has 0 bridgehead atoms. The van der Waals surface area contributed by atoms with Crippen LogP contribution in [0, 0.1) is 13.8 Å². The second-order valence-electron chi connectivity index (χ2n) is 4.58. The predicted octanol–water partition coefficient (Wildman–Crippen LogP) is 1.25. The van der Waals surface area contributed by atoms with Crippen LogP contribution < -0.4 is 5.32 Å². The van der Waals surface area contributed by atoms with E-state index in [-0.39, 0.29) is 16.8 Å². The molecule has 1 aromatic heterocycles. The first-order valence-electron chi connectivity index (χ1n) is 6.35. The van der Waals surface area contributed by atoms with Gasteiger partial charge in [0.15, 0.2) is 6.61 Å². The number of H-pyrrole nitrogens is 1. The first-order chi connectivity index (χ1) is 10.6. The van der Waals surface area contributed by atoms with E-state index in [4.69, 9.17) is 0 Å². The Morgan fingerprint density at radius 2 is 1.78 bits per heavy atom. The molecule has 2 N–H and O–H groups in total. The Balaban J connectivity index is 2.69. The van der Waals surface area contributed by atoms with Crippen LogP contribution in [0.1, 0.15) is 32.1 Å². The van der Waals surface area contributed by atoms with E-state index >= 15 is 0 Å². The minimum atomic E-state index is -4.55. The Morgan fingerprint density at radius 1 is 1.17 bits per heavy atom. The lowest BCUT2D eigenvalue weighted by Gasteiger charge is -2.08. The number of halogens is 3. The lowest BCUT2D eigenvalue weighted by atomic mass is 10.1. The van der Waals surface area contributed by atoms with E-state index in [1.54, 1.807) is 5.32 Å². The van der Waals surface area contributed by atoms with Gasteiger partial charge in [-0.2, -0.15) is 13.2 Å². The van der Waals surface area contributed by atoms with Crippen LogP contribution in [0.3, 0.4) is 0 Å². The Kier molecular flexibility index (Phi) is 5.77. The highest BCUT2D eigenvalue weighted by Crippen LogP contribution is 2.19. The summed E-state index contributed by atoms with van der Waals surface area (Å²) in [7, 11) is 1.18. The van der Waals surface area contributed by atoms with Crippen molar-refractivity contribution in [2.45, 2.75) is 20.0 Å². The van der Waals surface area contributed by atoms with Crippen LogP contribution in [0.25, 0.3) is 0 Å². The molecule has 0 radical (unpaired) electrons. The number of methoxy groups -OCH3 is 1. The molecule has 0 saturated heterocycles. The minimum absolute atomic E-state index is 0.0773. The van der Waals surface area contributed by atoms with Crippen LogP contribution in [0.4, 0.5) is 13.2 Å². The molecule has 0 atom stereocenters. The summed E-state index contributed by atoms with van der Waals surface area (Å²) < 4.78 is 44.9. The molecule has 1 aromatic rings. The lowest BCUT2D eigenvalue weighted by molar-refractivity contribution is -0.140. The molecule has 0 aromatic carbocycles. The normalized spacial score (nSPS) is 11.0. The zero-order chi connectivity index (χ0) is 17.8. The molecule has 1 amide bonds. The number of hydrogen-bond donors (Lipinski definition) is 2. The zero-order valence-electron chi connectivity index (χ0n) is 12.6. The average Bonchev–Trinajstić information content (AvgIpc) is 2.76. The predicted molar refractivity (Wildman–Crippen MR) is 71.0 cm³/mol. The van der Waals surface area contributed by atoms with Gasteiger partial charge in [-0.3, -0.25) is 4.79 Å². The molecule has 0 aliphatic heterocycles. The molecule has 0 aliphatic rings. The molecule has 0 unspecified atom stereocenters. The van der Waals surface area contributed by atoms with Crippen molar-refractivity contribution in [2.24, 2.45) is 0 Å². The Bertz CT molecular complexity index is 622. The monoisotopic (exact) mass is 336 g/mol. The highest BCUT2D eigenvalue weighted by atomic mass is 19.4. The van der Waals surface area contributed by atoms with Crippen molar-refractivity contribution in [3.05, 3.63) is 22.5 Å². The lowest BCUT2D eigenvalue weighted by Crippen LogP contribution is -2.36. The molecular weight excluding hydrogens is 321 g/mol. The summed E-state index contributed by atoms with van der Waals surface area (Å²) in [5.41, 5.74) is 0.699. The van der Waals surface area contributed by atoms with Crippen LogP contribution in [0.15, 0.2) is 0 Å². The summed E-state index contributed by atoms with van der Waals surface area (Å²) in [6.45, 7) is 0.610. The number of hydrogen-bond acceptors (Lipinski definition) is 5. The third-order valence-electron chi connectivity index (χ3n) is 2.85. The second-order valence-corrected chi connectivity index (χ2v) is 4.58. The number of nitrogens with one attached hydrogen (secondary N) is 2. The molecule has 10 heteroatoms. The van der Waals surface area contributed by atoms with E-state index in [0.29, 0.717) is 5.69 Å². The number of aromatic nitrogens is 1. The van der Waals surface area contributed by atoms with Gasteiger partial charge in [-0.15, -0.1) is 0 Å². The maximum atomic E-state index is 11.9. The Hall–Kier alpha value is -2.52.